The number of nitrogens with zero attached hydrogens (tertiary/aromatic N) is 1. The monoisotopic (exact) mass is 342 g/mol. The molecule has 2 aromatic carbocycles. The van der Waals surface area contributed by atoms with Gasteiger partial charge >= 0.3 is 0 Å². The molecule has 5 nitrogen and oxygen atoms in total. The summed E-state index contributed by atoms with van der Waals surface area (Å²) in [4.78, 5) is 15.8. The Morgan fingerprint density at radius 3 is 2.64 bits per heavy atom. The Morgan fingerprint density at radius 2 is 1.92 bits per heavy atom. The van der Waals surface area contributed by atoms with Crippen molar-refractivity contribution in [3.8, 4) is 0 Å². The van der Waals surface area contributed by atoms with Crippen LogP contribution < -0.4 is 16.0 Å². The van der Waals surface area contributed by atoms with Crippen LogP contribution in [0.15, 0.2) is 53.5 Å². The number of nitrogens with one attached hydrogen (secondary N) is 3. The van der Waals surface area contributed by atoms with E-state index in [2.05, 4.69) is 20.9 Å². The third-order valence-electron chi connectivity index (χ3n) is 3.75. The van der Waals surface area contributed by atoms with Crippen molar-refractivity contribution in [2.45, 2.75) is 13.0 Å². The fourth-order valence-electron chi connectivity index (χ4n) is 2.38. The molecule has 0 aromatic heterocycles. The van der Waals surface area contributed by atoms with Gasteiger partial charge in [-0.3, -0.25) is 9.79 Å². The molecule has 0 heterocycles. The number of aliphatic imine (C=N–C) groups is 1. The lowest BCUT2D eigenvalue weighted by atomic mass is 10.1. The van der Waals surface area contributed by atoms with Crippen LogP contribution in [0.25, 0.3) is 0 Å². The first kappa shape index (κ1) is 18.4. The van der Waals surface area contributed by atoms with Crippen LogP contribution in [-0.2, 0) is 13.0 Å². The second-order valence-electron chi connectivity index (χ2n) is 5.47. The summed E-state index contributed by atoms with van der Waals surface area (Å²) in [5.41, 5.74) is 2.28. The quantitative estimate of drug-likeness (QED) is 0.556. The van der Waals surface area contributed by atoms with Gasteiger partial charge in [0.1, 0.15) is 5.82 Å². The summed E-state index contributed by atoms with van der Waals surface area (Å²) in [7, 11) is 3.28. The van der Waals surface area contributed by atoms with E-state index in [1.165, 1.54) is 6.07 Å². The van der Waals surface area contributed by atoms with Gasteiger partial charge in [0.2, 0.25) is 0 Å². The Kier molecular flexibility index (Phi) is 6.95. The SMILES string of the molecule is CN=C(NCCc1cccc(C(=O)NC)c1)NCc1ccccc1F. The smallest absolute Gasteiger partial charge is 0.251 e. The summed E-state index contributed by atoms with van der Waals surface area (Å²) >= 11 is 0. The van der Waals surface area contributed by atoms with Crippen molar-refractivity contribution >= 4 is 11.9 Å². The zero-order valence-electron chi connectivity index (χ0n) is 14.5. The molecule has 0 atom stereocenters. The second-order valence-corrected chi connectivity index (χ2v) is 5.47. The van der Waals surface area contributed by atoms with E-state index in [-0.39, 0.29) is 11.7 Å². The highest BCUT2D eigenvalue weighted by molar-refractivity contribution is 5.94. The number of benzene rings is 2. The van der Waals surface area contributed by atoms with Crippen LogP contribution in [0, 0.1) is 5.82 Å². The molecule has 2 aromatic rings. The Labute approximate surface area is 147 Å². The lowest BCUT2D eigenvalue weighted by Crippen LogP contribution is -2.38. The third kappa shape index (κ3) is 5.60. The van der Waals surface area contributed by atoms with Gasteiger partial charge in [-0.15, -0.1) is 0 Å². The van der Waals surface area contributed by atoms with E-state index in [0.29, 0.717) is 30.2 Å². The lowest BCUT2D eigenvalue weighted by molar-refractivity contribution is 0.0963. The van der Waals surface area contributed by atoms with Crippen molar-refractivity contribution in [3.05, 3.63) is 71.0 Å². The van der Waals surface area contributed by atoms with Crippen LogP contribution in [0.5, 0.6) is 0 Å². The topological polar surface area (TPSA) is 65.5 Å². The number of guanidine groups is 1. The van der Waals surface area contributed by atoms with Crippen LogP contribution in [-0.4, -0.2) is 32.5 Å². The first-order valence-corrected chi connectivity index (χ1v) is 8.13. The molecular weight excluding hydrogens is 319 g/mol. The third-order valence-corrected chi connectivity index (χ3v) is 3.75. The number of halogens is 1. The predicted molar refractivity (Wildman–Crippen MR) is 98.1 cm³/mol. The number of hydrogen-bond donors (Lipinski definition) is 3. The largest absolute Gasteiger partial charge is 0.356 e. The lowest BCUT2D eigenvalue weighted by Gasteiger charge is -2.12. The van der Waals surface area contributed by atoms with Gasteiger partial charge in [0.05, 0.1) is 0 Å². The molecule has 3 N–H and O–H groups in total. The van der Waals surface area contributed by atoms with E-state index in [1.54, 1.807) is 38.4 Å². The summed E-state index contributed by atoms with van der Waals surface area (Å²) in [5, 5.41) is 8.89. The van der Waals surface area contributed by atoms with E-state index >= 15 is 0 Å². The van der Waals surface area contributed by atoms with Gasteiger partial charge in [0.15, 0.2) is 5.96 Å². The maximum absolute atomic E-state index is 13.6. The molecule has 0 saturated heterocycles. The van der Waals surface area contributed by atoms with Gasteiger partial charge in [-0.2, -0.15) is 0 Å². The number of amides is 1. The van der Waals surface area contributed by atoms with E-state index in [4.69, 9.17) is 0 Å². The summed E-state index contributed by atoms with van der Waals surface area (Å²) < 4.78 is 13.6. The average Bonchev–Trinajstić information content (AvgIpc) is 2.65. The minimum atomic E-state index is -0.239. The van der Waals surface area contributed by atoms with Crippen molar-refractivity contribution in [3.63, 3.8) is 0 Å². The van der Waals surface area contributed by atoms with Crippen LogP contribution in [0.1, 0.15) is 21.5 Å². The predicted octanol–water partition coefficient (Wildman–Crippen LogP) is 2.09. The van der Waals surface area contributed by atoms with Gasteiger partial charge in [-0.25, -0.2) is 4.39 Å². The van der Waals surface area contributed by atoms with Gasteiger partial charge in [0.25, 0.3) is 5.91 Å². The van der Waals surface area contributed by atoms with Crippen molar-refractivity contribution in [1.82, 2.24) is 16.0 Å². The van der Waals surface area contributed by atoms with Crippen molar-refractivity contribution in [1.29, 1.82) is 0 Å². The van der Waals surface area contributed by atoms with Crippen molar-refractivity contribution in [2.24, 2.45) is 4.99 Å². The molecule has 0 aliphatic carbocycles. The molecule has 0 spiro atoms. The van der Waals surface area contributed by atoms with Gasteiger partial charge in [-0.05, 0) is 30.2 Å². The van der Waals surface area contributed by atoms with Crippen LogP contribution in [0.4, 0.5) is 4.39 Å². The van der Waals surface area contributed by atoms with Crippen LogP contribution in [0.3, 0.4) is 0 Å². The Morgan fingerprint density at radius 1 is 1.12 bits per heavy atom. The summed E-state index contributed by atoms with van der Waals surface area (Å²) in [6.07, 6.45) is 0.741. The second kappa shape index (κ2) is 9.42. The van der Waals surface area contributed by atoms with E-state index in [1.807, 2.05) is 18.2 Å². The molecule has 0 saturated carbocycles. The summed E-state index contributed by atoms with van der Waals surface area (Å²) in [5.74, 6) is 0.263. The molecule has 0 aliphatic heterocycles. The normalized spacial score (nSPS) is 11.1. The number of hydrogen-bond acceptors (Lipinski definition) is 2. The molecule has 0 radical (unpaired) electrons. The summed E-state index contributed by atoms with van der Waals surface area (Å²) in [6, 6.07) is 14.1. The van der Waals surface area contributed by atoms with Gasteiger partial charge in [0, 0.05) is 38.3 Å². The van der Waals surface area contributed by atoms with E-state index in [9.17, 15) is 9.18 Å². The number of rotatable bonds is 6. The maximum atomic E-state index is 13.6. The van der Waals surface area contributed by atoms with Crippen molar-refractivity contribution < 1.29 is 9.18 Å². The molecule has 0 bridgehead atoms. The fourth-order valence-corrected chi connectivity index (χ4v) is 2.38. The van der Waals surface area contributed by atoms with Crippen LogP contribution >= 0.6 is 0 Å². The van der Waals surface area contributed by atoms with Crippen molar-refractivity contribution in [2.75, 3.05) is 20.6 Å². The molecule has 1 amide bonds. The fraction of sp³-hybridized carbons (Fsp3) is 0.263. The molecule has 0 aliphatic rings. The molecular formula is C19H23FN4O. The Balaban J connectivity index is 1.83. The first-order valence-electron chi connectivity index (χ1n) is 8.13. The molecule has 2 rings (SSSR count). The maximum Gasteiger partial charge on any atom is 0.251 e. The van der Waals surface area contributed by atoms with Gasteiger partial charge in [-0.1, -0.05) is 30.3 Å². The van der Waals surface area contributed by atoms with E-state index < -0.39 is 0 Å². The standard InChI is InChI=1S/C19H23FN4O/c1-21-18(25)15-8-5-6-14(12-15)10-11-23-19(22-2)24-13-16-7-3-4-9-17(16)20/h3-9,12H,10-11,13H2,1-2H3,(H,21,25)(H2,22,23,24). The number of carbonyl (C=O) groups is 1. The zero-order valence-corrected chi connectivity index (χ0v) is 14.5. The molecule has 25 heavy (non-hydrogen) atoms. The highest BCUT2D eigenvalue weighted by atomic mass is 19.1. The van der Waals surface area contributed by atoms with Crippen LogP contribution in [0.2, 0.25) is 0 Å². The van der Waals surface area contributed by atoms with Gasteiger partial charge < -0.3 is 16.0 Å². The highest BCUT2D eigenvalue weighted by Gasteiger charge is 2.05. The summed E-state index contributed by atoms with van der Waals surface area (Å²) in [6.45, 7) is 1.01. The average molecular weight is 342 g/mol. The Hall–Kier alpha value is -2.89. The minimum absolute atomic E-state index is 0.0998. The Bertz CT molecular complexity index is 746. The molecule has 6 heteroatoms. The molecule has 0 unspecified atom stereocenters. The molecule has 0 fully saturated rings. The number of carbonyl (C=O) groups excluding carboxylic acids is 1. The highest BCUT2D eigenvalue weighted by Crippen LogP contribution is 2.06. The van der Waals surface area contributed by atoms with E-state index in [0.717, 1.165) is 12.0 Å². The first-order chi connectivity index (χ1) is 12.1. The molecule has 132 valence electrons. The zero-order chi connectivity index (χ0) is 18.1. The minimum Gasteiger partial charge on any atom is -0.356 e.